The summed E-state index contributed by atoms with van der Waals surface area (Å²) in [7, 11) is 0. The molecular formula is C18H30O8. The van der Waals surface area contributed by atoms with Gasteiger partial charge in [-0.25, -0.2) is 0 Å². The average molecular weight is 374 g/mol. The van der Waals surface area contributed by atoms with Crippen molar-refractivity contribution in [2.45, 2.75) is 64.2 Å². The van der Waals surface area contributed by atoms with E-state index in [-0.39, 0.29) is 50.8 Å². The van der Waals surface area contributed by atoms with Crippen molar-refractivity contribution < 1.29 is 38.9 Å². The molecule has 0 aromatic rings. The molecule has 0 aromatic carbocycles. The van der Waals surface area contributed by atoms with Crippen LogP contribution in [-0.2, 0) is 28.7 Å². The summed E-state index contributed by atoms with van der Waals surface area (Å²) in [6, 6.07) is 0. The second kappa shape index (κ2) is 19.0. The van der Waals surface area contributed by atoms with Gasteiger partial charge in [-0.3, -0.25) is 19.2 Å². The topological polar surface area (TPSA) is 127 Å². The zero-order valence-corrected chi connectivity index (χ0v) is 15.2. The molecule has 0 saturated carbocycles. The van der Waals surface area contributed by atoms with Gasteiger partial charge in [0.15, 0.2) is 0 Å². The summed E-state index contributed by atoms with van der Waals surface area (Å²) in [5, 5.41) is 16.9. The third-order valence-corrected chi connectivity index (χ3v) is 3.11. The first-order valence-corrected chi connectivity index (χ1v) is 8.66. The van der Waals surface area contributed by atoms with Gasteiger partial charge >= 0.3 is 23.9 Å². The molecule has 0 aromatic heterocycles. The van der Waals surface area contributed by atoms with Crippen molar-refractivity contribution in [3.8, 4) is 0 Å². The molecule has 0 aliphatic rings. The van der Waals surface area contributed by atoms with Gasteiger partial charge in [0.05, 0.1) is 13.2 Å². The van der Waals surface area contributed by atoms with E-state index >= 15 is 0 Å². The Balaban J connectivity index is 0. The normalized spacial score (nSPS) is 9.54. The van der Waals surface area contributed by atoms with Crippen molar-refractivity contribution in [2.75, 3.05) is 13.2 Å². The minimum Gasteiger partial charge on any atom is -0.481 e. The van der Waals surface area contributed by atoms with Gasteiger partial charge in [-0.1, -0.05) is 0 Å². The van der Waals surface area contributed by atoms with Crippen molar-refractivity contribution in [3.05, 3.63) is 13.2 Å². The minimum atomic E-state index is -0.875. The first-order chi connectivity index (χ1) is 12.4. The predicted octanol–water partition coefficient (Wildman–Crippen LogP) is 2.95. The summed E-state index contributed by atoms with van der Waals surface area (Å²) in [6.07, 6.45) is 3.55. The maximum Gasteiger partial charge on any atom is 0.305 e. The SMILES string of the molecule is C=C.O=C(O)CCCCC(=O)OCCCCOC(=O)CCCCC(=O)O. The summed E-state index contributed by atoms with van der Waals surface area (Å²) in [4.78, 5) is 43.2. The zero-order chi connectivity index (χ0) is 20.2. The van der Waals surface area contributed by atoms with Crippen LogP contribution in [0.2, 0.25) is 0 Å². The maximum atomic E-state index is 11.3. The van der Waals surface area contributed by atoms with Crippen LogP contribution in [-0.4, -0.2) is 47.3 Å². The van der Waals surface area contributed by atoms with E-state index in [0.29, 0.717) is 38.5 Å². The number of carboxylic acid groups (broad SMARTS) is 2. The summed E-state index contributed by atoms with van der Waals surface area (Å²) in [6.45, 7) is 6.49. The molecule has 0 radical (unpaired) electrons. The number of ether oxygens (including phenoxy) is 2. The van der Waals surface area contributed by atoms with Gasteiger partial charge in [-0.2, -0.15) is 0 Å². The number of carbonyl (C=O) groups is 4. The summed E-state index contributed by atoms with van der Waals surface area (Å²) >= 11 is 0. The van der Waals surface area contributed by atoms with Crippen molar-refractivity contribution >= 4 is 23.9 Å². The lowest BCUT2D eigenvalue weighted by atomic mass is 10.2. The molecule has 0 fully saturated rings. The number of hydrogen-bond donors (Lipinski definition) is 2. The quantitative estimate of drug-likeness (QED) is 0.254. The van der Waals surface area contributed by atoms with E-state index in [1.54, 1.807) is 0 Å². The van der Waals surface area contributed by atoms with Gasteiger partial charge in [0.1, 0.15) is 0 Å². The van der Waals surface area contributed by atoms with Crippen LogP contribution in [0.1, 0.15) is 64.2 Å². The molecule has 0 aliphatic heterocycles. The second-order valence-electron chi connectivity index (χ2n) is 5.35. The van der Waals surface area contributed by atoms with Gasteiger partial charge in [0.2, 0.25) is 0 Å². The molecule has 150 valence electrons. The van der Waals surface area contributed by atoms with Crippen LogP contribution in [0.25, 0.3) is 0 Å². The van der Waals surface area contributed by atoms with Crippen LogP contribution in [0.3, 0.4) is 0 Å². The highest BCUT2D eigenvalue weighted by atomic mass is 16.5. The monoisotopic (exact) mass is 374 g/mol. The first kappa shape index (κ1) is 25.9. The molecule has 0 atom stereocenters. The zero-order valence-electron chi connectivity index (χ0n) is 15.2. The molecule has 26 heavy (non-hydrogen) atoms. The van der Waals surface area contributed by atoms with E-state index in [4.69, 9.17) is 19.7 Å². The van der Waals surface area contributed by atoms with Crippen LogP contribution in [0.5, 0.6) is 0 Å². The molecule has 0 rings (SSSR count). The van der Waals surface area contributed by atoms with Crippen LogP contribution in [0.15, 0.2) is 13.2 Å². The summed E-state index contributed by atoms with van der Waals surface area (Å²) in [5.41, 5.74) is 0. The number of rotatable bonds is 15. The van der Waals surface area contributed by atoms with Gasteiger partial charge in [-0.05, 0) is 38.5 Å². The highest BCUT2D eigenvalue weighted by Crippen LogP contribution is 2.04. The van der Waals surface area contributed by atoms with Gasteiger partial charge in [0.25, 0.3) is 0 Å². The van der Waals surface area contributed by atoms with Crippen molar-refractivity contribution in [1.82, 2.24) is 0 Å². The highest BCUT2D eigenvalue weighted by molar-refractivity contribution is 5.70. The number of unbranched alkanes of at least 4 members (excludes halogenated alkanes) is 3. The van der Waals surface area contributed by atoms with E-state index in [0.717, 1.165) is 0 Å². The lowest BCUT2D eigenvalue weighted by Crippen LogP contribution is -2.09. The van der Waals surface area contributed by atoms with Crippen LogP contribution in [0.4, 0.5) is 0 Å². The fourth-order valence-electron chi connectivity index (χ4n) is 1.81. The van der Waals surface area contributed by atoms with Crippen molar-refractivity contribution in [2.24, 2.45) is 0 Å². The second-order valence-corrected chi connectivity index (χ2v) is 5.35. The molecule has 0 amide bonds. The predicted molar refractivity (Wildman–Crippen MR) is 94.6 cm³/mol. The first-order valence-electron chi connectivity index (χ1n) is 8.66. The molecule has 0 heterocycles. The standard InChI is InChI=1S/C16H26O8.C2H4/c17-13(18)7-1-3-9-15(21)23-11-5-6-12-24-16(22)10-4-2-8-14(19)20;1-2/h1-12H2,(H,17,18)(H,19,20);1-2H2. The van der Waals surface area contributed by atoms with E-state index < -0.39 is 11.9 Å². The molecule has 8 heteroatoms. The highest BCUT2D eigenvalue weighted by Gasteiger charge is 2.06. The lowest BCUT2D eigenvalue weighted by Gasteiger charge is -2.06. The number of carboxylic acids is 2. The fraction of sp³-hybridized carbons (Fsp3) is 0.667. The number of hydrogen-bond acceptors (Lipinski definition) is 6. The molecule has 8 nitrogen and oxygen atoms in total. The molecule has 0 saturated heterocycles. The Morgan fingerprint density at radius 3 is 1.19 bits per heavy atom. The van der Waals surface area contributed by atoms with Gasteiger partial charge in [-0.15, -0.1) is 13.2 Å². The van der Waals surface area contributed by atoms with E-state index in [2.05, 4.69) is 13.2 Å². The van der Waals surface area contributed by atoms with Crippen LogP contribution >= 0.6 is 0 Å². The molecule has 0 unspecified atom stereocenters. The molecule has 0 spiro atoms. The Labute approximate surface area is 154 Å². The summed E-state index contributed by atoms with van der Waals surface area (Å²) < 4.78 is 9.95. The lowest BCUT2D eigenvalue weighted by molar-refractivity contribution is -0.146. The Kier molecular flexibility index (Phi) is 18.8. The summed E-state index contributed by atoms with van der Waals surface area (Å²) in [5.74, 6) is -2.45. The van der Waals surface area contributed by atoms with E-state index in [1.807, 2.05) is 0 Å². The van der Waals surface area contributed by atoms with Gasteiger partial charge in [0, 0.05) is 25.7 Å². The van der Waals surface area contributed by atoms with Crippen molar-refractivity contribution in [3.63, 3.8) is 0 Å². The van der Waals surface area contributed by atoms with Crippen molar-refractivity contribution in [1.29, 1.82) is 0 Å². The minimum absolute atomic E-state index is 0.0506. The van der Waals surface area contributed by atoms with Gasteiger partial charge < -0.3 is 19.7 Å². The molecule has 0 aliphatic carbocycles. The van der Waals surface area contributed by atoms with Crippen LogP contribution < -0.4 is 0 Å². The molecular weight excluding hydrogens is 344 g/mol. The van der Waals surface area contributed by atoms with E-state index in [9.17, 15) is 19.2 Å². The molecule has 0 bridgehead atoms. The third-order valence-electron chi connectivity index (χ3n) is 3.11. The Morgan fingerprint density at radius 1 is 0.577 bits per heavy atom. The molecule has 2 N–H and O–H groups in total. The Hall–Kier alpha value is -2.38. The smallest absolute Gasteiger partial charge is 0.305 e. The maximum absolute atomic E-state index is 11.3. The Bertz CT molecular complexity index is 381. The number of aliphatic carboxylic acids is 2. The van der Waals surface area contributed by atoms with E-state index in [1.165, 1.54) is 0 Å². The number of carbonyl (C=O) groups excluding carboxylic acids is 2. The van der Waals surface area contributed by atoms with Crippen LogP contribution in [0, 0.1) is 0 Å². The fourth-order valence-corrected chi connectivity index (χ4v) is 1.81. The largest absolute Gasteiger partial charge is 0.481 e. The third kappa shape index (κ3) is 21.6. The number of esters is 2. The Morgan fingerprint density at radius 2 is 0.885 bits per heavy atom. The average Bonchev–Trinajstić information content (AvgIpc) is 2.60.